The predicted molar refractivity (Wildman–Crippen MR) is 196 cm³/mol. The van der Waals surface area contributed by atoms with Crippen molar-refractivity contribution in [2.75, 3.05) is 32.7 Å². The molecule has 41 heavy (non-hydrogen) atoms. The summed E-state index contributed by atoms with van der Waals surface area (Å²) in [7, 11) is -10.9. The van der Waals surface area contributed by atoms with Crippen molar-refractivity contribution >= 4 is 50.4 Å². The molecule has 0 bridgehead atoms. The van der Waals surface area contributed by atoms with Gasteiger partial charge in [-0.2, -0.15) is 0 Å². The van der Waals surface area contributed by atoms with Crippen LogP contribution < -0.4 is 28.7 Å². The highest BCUT2D eigenvalue weighted by molar-refractivity contribution is 6.89. The minimum absolute atomic E-state index is 0.699. The van der Waals surface area contributed by atoms with Crippen LogP contribution in [0, 0.1) is 0 Å². The van der Waals surface area contributed by atoms with E-state index in [9.17, 15) is 0 Å². The van der Waals surface area contributed by atoms with E-state index in [2.05, 4.69) is 72.0 Å². The molecule has 0 fully saturated rings. The molecule has 0 unspecified atom stereocenters. The van der Waals surface area contributed by atoms with Gasteiger partial charge in [0.05, 0.1) is 0 Å². The van der Waals surface area contributed by atoms with E-state index in [-0.39, 0.29) is 0 Å². The maximum absolute atomic E-state index is 6.69. The molecular weight excluding hydrogens is 615 g/mol. The molecular formula is C26H73N5O4Si6. The lowest BCUT2D eigenvalue weighted by atomic mass is 10.5. The lowest BCUT2D eigenvalue weighted by Gasteiger charge is -2.41. The molecule has 9 nitrogen and oxygen atoms in total. The highest BCUT2D eigenvalue weighted by atomic mass is 28.5. The summed E-state index contributed by atoms with van der Waals surface area (Å²) >= 11 is 0. The Morgan fingerprint density at radius 3 is 0.805 bits per heavy atom. The van der Waals surface area contributed by atoms with Crippen LogP contribution in [-0.4, -0.2) is 83.1 Å². The monoisotopic (exact) mass is 687 g/mol. The Hall–Kier alpha value is 0.941. The number of hydrogen-bond donors (Lipinski definition) is 5. The molecule has 15 heteroatoms. The van der Waals surface area contributed by atoms with E-state index in [0.29, 0.717) is 6.54 Å². The molecule has 250 valence electrons. The molecule has 0 spiro atoms. The van der Waals surface area contributed by atoms with Crippen molar-refractivity contribution in [3.05, 3.63) is 0 Å². The van der Waals surface area contributed by atoms with Gasteiger partial charge in [0.2, 0.25) is 0 Å². The number of nitrogens with two attached hydrogens (primary N) is 5. The van der Waals surface area contributed by atoms with Crippen LogP contribution in [-0.2, 0) is 16.5 Å². The van der Waals surface area contributed by atoms with Crippen LogP contribution in [0.25, 0.3) is 0 Å². The van der Waals surface area contributed by atoms with Crippen LogP contribution in [0.15, 0.2) is 0 Å². The van der Waals surface area contributed by atoms with E-state index in [1.54, 1.807) is 0 Å². The summed E-state index contributed by atoms with van der Waals surface area (Å²) in [5, 5.41) is 0. The summed E-state index contributed by atoms with van der Waals surface area (Å²) in [4.78, 5) is 0. The highest BCUT2D eigenvalue weighted by Gasteiger charge is 2.42. The Bertz CT molecular complexity index is 630. The summed E-state index contributed by atoms with van der Waals surface area (Å²) in [6, 6.07) is 5.43. The second kappa shape index (κ2) is 20.9. The van der Waals surface area contributed by atoms with Crippen molar-refractivity contribution in [1.29, 1.82) is 0 Å². The van der Waals surface area contributed by atoms with Crippen LogP contribution in [0.1, 0.15) is 32.1 Å². The topological polar surface area (TPSA) is 167 Å². The average molecular weight is 688 g/mol. The van der Waals surface area contributed by atoms with Crippen LogP contribution in [0.2, 0.25) is 102 Å². The summed E-state index contributed by atoms with van der Waals surface area (Å²) in [5.74, 6) is 0. The lowest BCUT2D eigenvalue weighted by Crippen LogP contribution is -2.54. The summed E-state index contributed by atoms with van der Waals surface area (Å²) in [6.45, 7) is 28.5. The molecule has 0 aromatic carbocycles. The predicted octanol–water partition coefficient (Wildman–Crippen LogP) is 5.38. The van der Waals surface area contributed by atoms with Crippen molar-refractivity contribution in [2.45, 2.75) is 134 Å². The van der Waals surface area contributed by atoms with Crippen molar-refractivity contribution in [3.8, 4) is 0 Å². The van der Waals surface area contributed by atoms with E-state index in [1.807, 2.05) is 0 Å². The SMILES string of the molecule is C[Si](C)(CCCN)O[Si](C)(C)O[Si](C)(C)CCCN.C[Si](C)(CCCN)O[Si](C)(CCCN)O[Si](C)(C)CCCN. The highest BCUT2D eigenvalue weighted by Crippen LogP contribution is 2.29. The Kier molecular flexibility index (Phi) is 22.4. The van der Waals surface area contributed by atoms with Gasteiger partial charge in [-0.05, 0) is 167 Å². The first-order chi connectivity index (χ1) is 18.6. The first-order valence-electron chi connectivity index (χ1n) is 15.9. The Labute approximate surface area is 261 Å². The fraction of sp³-hybridized carbons (Fsp3) is 1.00. The van der Waals surface area contributed by atoms with Crippen molar-refractivity contribution in [1.82, 2.24) is 0 Å². The fourth-order valence-electron chi connectivity index (χ4n) is 5.38. The Morgan fingerprint density at radius 2 is 0.561 bits per heavy atom. The minimum atomic E-state index is -2.18. The van der Waals surface area contributed by atoms with Crippen LogP contribution in [0.4, 0.5) is 0 Å². The van der Waals surface area contributed by atoms with Crippen molar-refractivity contribution in [3.63, 3.8) is 0 Å². The third-order valence-corrected chi connectivity index (χ3v) is 30.5. The zero-order chi connectivity index (χ0) is 32.4. The molecule has 0 aliphatic heterocycles. The van der Waals surface area contributed by atoms with Crippen LogP contribution in [0.5, 0.6) is 0 Å². The van der Waals surface area contributed by atoms with Gasteiger partial charge in [0.1, 0.15) is 0 Å². The lowest BCUT2D eigenvalue weighted by molar-refractivity contribution is 0.374. The Balaban J connectivity index is 0. The summed E-state index contributed by atoms with van der Waals surface area (Å²) in [5.41, 5.74) is 28.2. The third kappa shape index (κ3) is 24.9. The first-order valence-corrected chi connectivity index (χ1v) is 33.7. The van der Waals surface area contributed by atoms with Gasteiger partial charge in [-0.15, -0.1) is 0 Å². The van der Waals surface area contributed by atoms with Gasteiger partial charge in [-0.25, -0.2) is 0 Å². The van der Waals surface area contributed by atoms with Crippen molar-refractivity contribution < 1.29 is 16.5 Å². The van der Waals surface area contributed by atoms with Gasteiger partial charge in [-0.1, -0.05) is 0 Å². The first kappa shape index (κ1) is 44.1. The summed E-state index contributed by atoms with van der Waals surface area (Å²) in [6.07, 6.45) is 5.16. The second-order valence-corrected chi connectivity index (χ2v) is 39.4. The van der Waals surface area contributed by atoms with E-state index in [4.69, 9.17) is 45.1 Å². The molecule has 0 radical (unpaired) electrons. The molecule has 0 atom stereocenters. The molecule has 0 heterocycles. The van der Waals surface area contributed by atoms with Crippen molar-refractivity contribution in [2.24, 2.45) is 28.7 Å². The van der Waals surface area contributed by atoms with Gasteiger partial charge in [0.25, 0.3) is 0 Å². The van der Waals surface area contributed by atoms with Gasteiger partial charge in [0.15, 0.2) is 33.3 Å². The molecule has 0 aromatic rings. The van der Waals surface area contributed by atoms with Gasteiger partial charge < -0.3 is 45.1 Å². The molecule has 10 N–H and O–H groups in total. The Morgan fingerprint density at radius 1 is 0.341 bits per heavy atom. The van der Waals surface area contributed by atoms with Gasteiger partial charge >= 0.3 is 17.1 Å². The molecule has 0 aromatic heterocycles. The quantitative estimate of drug-likeness (QED) is 0.0887. The standard InChI is InChI=1S/C14H39N3O2Si3.C12H34N2O2Si3/c1-20(2,12-6-9-15)18-22(5,14-8-11-17)19-21(3,4)13-7-10-16;1-17(2,11-7-9-13)15-19(5,6)16-18(3,4)12-8-10-14/h6-17H2,1-5H3;7-14H2,1-6H3. The van der Waals surface area contributed by atoms with E-state index in [1.165, 1.54) is 0 Å². The summed E-state index contributed by atoms with van der Waals surface area (Å²) < 4.78 is 26.3. The second-order valence-electron chi connectivity index (χ2n) is 14.4. The number of rotatable bonds is 23. The molecule has 0 rings (SSSR count). The molecule has 0 aliphatic carbocycles. The molecule has 0 amide bonds. The fourth-order valence-corrected chi connectivity index (χ4v) is 34.0. The minimum Gasteiger partial charge on any atom is -0.437 e. The van der Waals surface area contributed by atoms with E-state index in [0.717, 1.165) is 88.5 Å². The zero-order valence-corrected chi connectivity index (χ0v) is 35.1. The largest absolute Gasteiger partial charge is 0.437 e. The molecule has 0 saturated heterocycles. The van der Waals surface area contributed by atoms with E-state index >= 15 is 0 Å². The zero-order valence-electron chi connectivity index (χ0n) is 29.1. The normalized spacial score (nSPS) is 13.8. The number of hydrogen-bond acceptors (Lipinski definition) is 9. The third-order valence-electron chi connectivity index (χ3n) is 6.80. The molecule has 0 saturated carbocycles. The maximum atomic E-state index is 6.69. The van der Waals surface area contributed by atoms with Gasteiger partial charge in [-0.3, -0.25) is 0 Å². The van der Waals surface area contributed by atoms with Gasteiger partial charge in [0, 0.05) is 0 Å². The maximum Gasteiger partial charge on any atom is 0.314 e. The molecule has 0 aliphatic rings. The smallest absolute Gasteiger partial charge is 0.314 e. The van der Waals surface area contributed by atoms with Crippen LogP contribution >= 0.6 is 0 Å². The van der Waals surface area contributed by atoms with Crippen LogP contribution in [0.3, 0.4) is 0 Å². The average Bonchev–Trinajstić information content (AvgIpc) is 2.81. The van der Waals surface area contributed by atoms with E-state index < -0.39 is 50.4 Å².